The summed E-state index contributed by atoms with van der Waals surface area (Å²) in [6.07, 6.45) is 6.77. The molecule has 10 nitrogen and oxygen atoms in total. The lowest BCUT2D eigenvalue weighted by Gasteiger charge is -2.39. The van der Waals surface area contributed by atoms with Gasteiger partial charge in [-0.15, -0.1) is 0 Å². The molecular formula is C24H37N5O5S. The molecule has 1 heterocycles. The van der Waals surface area contributed by atoms with Crippen molar-refractivity contribution < 1.29 is 22.8 Å². The SMILES string of the molecule is CN(C)c1ccc(C(=O)N2CCN(S(C)(=O)=O)[C@H](C(=O)N[C@@H](CC3CCCCC3)C(N)=O)C2)cc1. The highest BCUT2D eigenvalue weighted by molar-refractivity contribution is 7.88. The summed E-state index contributed by atoms with van der Waals surface area (Å²) in [5.41, 5.74) is 6.98. The van der Waals surface area contributed by atoms with Crippen LogP contribution in [0.4, 0.5) is 5.69 Å². The minimum atomic E-state index is -3.72. The molecule has 0 aromatic heterocycles. The first-order valence-electron chi connectivity index (χ1n) is 12.1. The zero-order valence-corrected chi connectivity index (χ0v) is 21.6. The van der Waals surface area contributed by atoms with Gasteiger partial charge < -0.3 is 20.9 Å². The molecule has 2 fully saturated rings. The molecule has 0 radical (unpaired) electrons. The minimum absolute atomic E-state index is 0.0116. The van der Waals surface area contributed by atoms with Gasteiger partial charge in [-0.05, 0) is 36.6 Å². The number of carbonyl (C=O) groups is 3. The molecule has 1 saturated heterocycles. The number of nitrogens with two attached hydrogens (primary N) is 1. The Kier molecular flexibility index (Phi) is 8.76. The van der Waals surface area contributed by atoms with Crippen LogP contribution in [0.1, 0.15) is 48.9 Å². The third-order valence-electron chi connectivity index (χ3n) is 6.93. The van der Waals surface area contributed by atoms with Crippen LogP contribution < -0.4 is 16.0 Å². The summed E-state index contributed by atoms with van der Waals surface area (Å²) < 4.78 is 26.0. The quantitative estimate of drug-likeness (QED) is 0.534. The van der Waals surface area contributed by atoms with Gasteiger partial charge in [0.05, 0.1) is 6.26 Å². The Morgan fingerprint density at radius 2 is 1.71 bits per heavy atom. The van der Waals surface area contributed by atoms with Crippen molar-refractivity contribution in [2.45, 2.75) is 50.6 Å². The summed E-state index contributed by atoms with van der Waals surface area (Å²) in [6.45, 7) is 0.0385. The van der Waals surface area contributed by atoms with Crippen LogP contribution >= 0.6 is 0 Å². The van der Waals surface area contributed by atoms with E-state index in [-0.39, 0.29) is 25.5 Å². The maximum absolute atomic E-state index is 13.3. The lowest BCUT2D eigenvalue weighted by Crippen LogP contribution is -2.63. The summed E-state index contributed by atoms with van der Waals surface area (Å²) in [6, 6.07) is 5.06. The second kappa shape index (κ2) is 11.4. The highest BCUT2D eigenvalue weighted by atomic mass is 32.2. The smallest absolute Gasteiger partial charge is 0.253 e. The van der Waals surface area contributed by atoms with E-state index in [0.717, 1.165) is 48.4 Å². The number of hydrogen-bond donors (Lipinski definition) is 2. The van der Waals surface area contributed by atoms with Gasteiger partial charge in [0.1, 0.15) is 12.1 Å². The van der Waals surface area contributed by atoms with Crippen molar-refractivity contribution in [1.82, 2.24) is 14.5 Å². The van der Waals surface area contributed by atoms with Crippen LogP contribution in [-0.4, -0.2) is 87.4 Å². The Balaban J connectivity index is 1.75. The molecule has 2 atom stereocenters. The van der Waals surface area contributed by atoms with Gasteiger partial charge in [-0.25, -0.2) is 8.42 Å². The molecule has 11 heteroatoms. The molecular weight excluding hydrogens is 470 g/mol. The molecule has 1 aliphatic heterocycles. The van der Waals surface area contributed by atoms with E-state index in [9.17, 15) is 22.8 Å². The maximum atomic E-state index is 13.3. The molecule has 3 N–H and O–H groups in total. The number of sulfonamides is 1. The van der Waals surface area contributed by atoms with Crippen LogP contribution in [0.5, 0.6) is 0 Å². The number of hydrogen-bond acceptors (Lipinski definition) is 6. The van der Waals surface area contributed by atoms with Gasteiger partial charge in [-0.3, -0.25) is 14.4 Å². The second-order valence-corrected chi connectivity index (χ2v) is 11.7. The zero-order chi connectivity index (χ0) is 25.8. The van der Waals surface area contributed by atoms with Crippen molar-refractivity contribution >= 4 is 33.4 Å². The number of primary amides is 1. The first-order chi connectivity index (χ1) is 16.5. The first-order valence-corrected chi connectivity index (χ1v) is 14.0. The Hall–Kier alpha value is -2.66. The van der Waals surface area contributed by atoms with Crippen molar-refractivity contribution in [3.63, 3.8) is 0 Å². The normalized spacial score (nSPS) is 20.8. The molecule has 0 bridgehead atoms. The Morgan fingerprint density at radius 1 is 1.09 bits per heavy atom. The van der Waals surface area contributed by atoms with Gasteiger partial charge in [0.2, 0.25) is 21.8 Å². The number of amides is 3. The average molecular weight is 508 g/mol. The topological polar surface area (TPSA) is 133 Å². The average Bonchev–Trinajstić information content (AvgIpc) is 2.82. The number of carbonyl (C=O) groups excluding carboxylic acids is 3. The number of anilines is 1. The van der Waals surface area contributed by atoms with Crippen LogP contribution in [0.15, 0.2) is 24.3 Å². The number of benzene rings is 1. The number of piperazine rings is 1. The van der Waals surface area contributed by atoms with E-state index in [1.807, 2.05) is 31.1 Å². The summed E-state index contributed by atoms with van der Waals surface area (Å²) in [5.74, 6) is -1.24. The third-order valence-corrected chi connectivity index (χ3v) is 8.22. The van der Waals surface area contributed by atoms with Crippen LogP contribution in [-0.2, 0) is 19.6 Å². The molecule has 3 rings (SSSR count). The molecule has 1 aromatic rings. The molecule has 3 amide bonds. The summed E-state index contributed by atoms with van der Waals surface area (Å²) in [4.78, 5) is 41.9. The van der Waals surface area contributed by atoms with Crippen molar-refractivity contribution in [3.8, 4) is 0 Å². The van der Waals surface area contributed by atoms with Gasteiger partial charge in [0.25, 0.3) is 5.91 Å². The molecule has 35 heavy (non-hydrogen) atoms. The maximum Gasteiger partial charge on any atom is 0.253 e. The second-order valence-electron chi connectivity index (χ2n) is 9.79. The van der Waals surface area contributed by atoms with Crippen molar-refractivity contribution in [1.29, 1.82) is 0 Å². The van der Waals surface area contributed by atoms with Gasteiger partial charge >= 0.3 is 0 Å². The van der Waals surface area contributed by atoms with E-state index in [4.69, 9.17) is 5.73 Å². The van der Waals surface area contributed by atoms with Gasteiger partial charge in [0, 0.05) is 45.0 Å². The van der Waals surface area contributed by atoms with E-state index in [1.165, 1.54) is 4.90 Å². The number of rotatable bonds is 8. The molecule has 1 aliphatic carbocycles. The lowest BCUT2D eigenvalue weighted by molar-refractivity contribution is -0.131. The van der Waals surface area contributed by atoms with Crippen LogP contribution in [0.25, 0.3) is 0 Å². The van der Waals surface area contributed by atoms with E-state index in [2.05, 4.69) is 5.32 Å². The molecule has 2 aliphatic rings. The van der Waals surface area contributed by atoms with Gasteiger partial charge in [0.15, 0.2) is 0 Å². The fourth-order valence-corrected chi connectivity index (χ4v) is 5.95. The van der Waals surface area contributed by atoms with Crippen LogP contribution in [0.3, 0.4) is 0 Å². The molecule has 1 aromatic carbocycles. The highest BCUT2D eigenvalue weighted by Gasteiger charge is 2.40. The summed E-state index contributed by atoms with van der Waals surface area (Å²) >= 11 is 0. The Morgan fingerprint density at radius 3 is 2.26 bits per heavy atom. The Labute approximate surface area is 207 Å². The predicted molar refractivity (Wildman–Crippen MR) is 134 cm³/mol. The highest BCUT2D eigenvalue weighted by Crippen LogP contribution is 2.27. The summed E-state index contributed by atoms with van der Waals surface area (Å²) in [7, 11) is 0.0823. The van der Waals surface area contributed by atoms with Crippen molar-refractivity contribution in [2.24, 2.45) is 11.7 Å². The van der Waals surface area contributed by atoms with Gasteiger partial charge in [-0.2, -0.15) is 4.31 Å². The lowest BCUT2D eigenvalue weighted by atomic mass is 9.84. The molecule has 1 saturated carbocycles. The van der Waals surface area contributed by atoms with E-state index in [0.29, 0.717) is 17.9 Å². The fourth-order valence-electron chi connectivity index (χ4n) is 4.92. The Bertz CT molecular complexity index is 1020. The van der Waals surface area contributed by atoms with E-state index < -0.39 is 33.9 Å². The molecule has 194 valence electrons. The predicted octanol–water partition coefficient (Wildman–Crippen LogP) is 0.779. The number of nitrogens with zero attached hydrogens (tertiary/aromatic N) is 3. The third kappa shape index (κ3) is 6.94. The molecule has 0 unspecified atom stereocenters. The molecule has 0 spiro atoms. The van der Waals surface area contributed by atoms with Crippen LogP contribution in [0.2, 0.25) is 0 Å². The fraction of sp³-hybridized carbons (Fsp3) is 0.625. The zero-order valence-electron chi connectivity index (χ0n) is 20.8. The first kappa shape index (κ1) is 26.9. The van der Waals surface area contributed by atoms with E-state index >= 15 is 0 Å². The monoisotopic (exact) mass is 507 g/mol. The van der Waals surface area contributed by atoms with Gasteiger partial charge in [-0.1, -0.05) is 32.1 Å². The number of nitrogens with one attached hydrogen (secondary N) is 1. The largest absolute Gasteiger partial charge is 0.378 e. The minimum Gasteiger partial charge on any atom is -0.378 e. The van der Waals surface area contributed by atoms with E-state index in [1.54, 1.807) is 12.1 Å². The van der Waals surface area contributed by atoms with Crippen molar-refractivity contribution in [3.05, 3.63) is 29.8 Å². The standard InChI is InChI=1S/C24H37N5O5S/c1-27(2)19-11-9-18(10-12-19)24(32)28-13-14-29(35(3,33)34)21(16-28)23(31)26-20(22(25)30)15-17-7-5-4-6-8-17/h9-12,17,20-21H,4-8,13-16H2,1-3H3,(H2,25,30)(H,26,31)/t20-,21-/m0/s1. The summed E-state index contributed by atoms with van der Waals surface area (Å²) in [5, 5.41) is 2.69. The van der Waals surface area contributed by atoms with Crippen LogP contribution in [0, 0.1) is 5.92 Å². The van der Waals surface area contributed by atoms with Crippen molar-refractivity contribution in [2.75, 3.05) is 44.9 Å².